The van der Waals surface area contributed by atoms with Crippen LogP contribution in [0.1, 0.15) is 41.8 Å². The van der Waals surface area contributed by atoms with Crippen molar-refractivity contribution in [3.05, 3.63) is 59.2 Å². The molecular weight excluding hydrogens is 358 g/mol. The van der Waals surface area contributed by atoms with Gasteiger partial charge in [0.25, 0.3) is 11.8 Å². The zero-order valence-electron chi connectivity index (χ0n) is 16.5. The van der Waals surface area contributed by atoms with Gasteiger partial charge in [0, 0.05) is 17.7 Å². The molecule has 0 spiro atoms. The van der Waals surface area contributed by atoms with Crippen LogP contribution in [-0.4, -0.2) is 23.8 Å². The second-order valence-corrected chi connectivity index (χ2v) is 6.40. The van der Waals surface area contributed by atoms with Crippen LogP contribution in [0.25, 0.3) is 0 Å². The Hall–Kier alpha value is -3.35. The number of carbonyl (C=O) groups is 3. The molecule has 0 bridgehead atoms. The molecule has 0 saturated heterocycles. The number of aryl methyl sites for hydroxylation is 2. The lowest BCUT2D eigenvalue weighted by Gasteiger charge is -2.18. The Kier molecular flexibility index (Phi) is 7.14. The molecule has 0 heterocycles. The lowest BCUT2D eigenvalue weighted by Crippen LogP contribution is -2.47. The molecule has 7 nitrogen and oxygen atoms in total. The average Bonchev–Trinajstić information content (AvgIpc) is 2.69. The highest BCUT2D eigenvalue weighted by molar-refractivity contribution is 5.97. The monoisotopic (exact) mass is 383 g/mol. The van der Waals surface area contributed by atoms with Crippen molar-refractivity contribution in [1.82, 2.24) is 10.9 Å². The molecule has 28 heavy (non-hydrogen) atoms. The van der Waals surface area contributed by atoms with Crippen molar-refractivity contribution in [1.29, 1.82) is 0 Å². The van der Waals surface area contributed by atoms with E-state index in [9.17, 15) is 14.4 Å². The summed E-state index contributed by atoms with van der Waals surface area (Å²) < 4.78 is 5.74. The molecule has 0 aromatic heterocycles. The second kappa shape index (κ2) is 9.55. The average molecular weight is 383 g/mol. The van der Waals surface area contributed by atoms with Gasteiger partial charge in [0.1, 0.15) is 5.75 Å². The third kappa shape index (κ3) is 5.57. The molecule has 0 radical (unpaired) electrons. The van der Waals surface area contributed by atoms with Crippen molar-refractivity contribution in [2.45, 2.75) is 40.2 Å². The van der Waals surface area contributed by atoms with Crippen LogP contribution in [0.2, 0.25) is 0 Å². The molecule has 0 aliphatic carbocycles. The molecule has 0 unspecified atom stereocenters. The van der Waals surface area contributed by atoms with E-state index in [0.717, 1.165) is 11.1 Å². The molecule has 7 heteroatoms. The maximum atomic E-state index is 12.2. The summed E-state index contributed by atoms with van der Waals surface area (Å²) in [5.74, 6) is -0.396. The quantitative estimate of drug-likeness (QED) is 0.668. The van der Waals surface area contributed by atoms with Gasteiger partial charge >= 0.3 is 0 Å². The molecule has 0 aliphatic rings. The van der Waals surface area contributed by atoms with Crippen LogP contribution in [0.5, 0.6) is 5.75 Å². The predicted molar refractivity (Wildman–Crippen MR) is 107 cm³/mol. The van der Waals surface area contributed by atoms with Crippen molar-refractivity contribution in [3.63, 3.8) is 0 Å². The number of rotatable bonds is 6. The van der Waals surface area contributed by atoms with Crippen molar-refractivity contribution in [2.24, 2.45) is 0 Å². The zero-order valence-corrected chi connectivity index (χ0v) is 16.5. The topological polar surface area (TPSA) is 96.5 Å². The number of hydrogen-bond donors (Lipinski definition) is 3. The zero-order chi connectivity index (χ0) is 20.7. The van der Waals surface area contributed by atoms with Crippen molar-refractivity contribution in [2.75, 3.05) is 5.32 Å². The number of benzene rings is 2. The summed E-state index contributed by atoms with van der Waals surface area (Å²) >= 11 is 0. The van der Waals surface area contributed by atoms with Gasteiger partial charge in [0.05, 0.1) is 0 Å². The van der Waals surface area contributed by atoms with Crippen LogP contribution >= 0.6 is 0 Å². The normalized spacial score (nSPS) is 11.3. The molecule has 2 aromatic carbocycles. The Bertz CT molecular complexity index is 842. The fourth-order valence-electron chi connectivity index (χ4n) is 2.46. The van der Waals surface area contributed by atoms with Gasteiger partial charge in [-0.15, -0.1) is 0 Å². The standard InChI is InChI=1S/C21H25N3O4/c1-5-18(25)22-17-11-9-16(10-12-17)21(27)24-23-20(26)15(4)28-19-13(2)7-6-8-14(19)3/h6-12,15H,5H2,1-4H3,(H,22,25)(H,23,26)(H,24,27)/t15-/m1/s1. The first-order valence-electron chi connectivity index (χ1n) is 9.04. The van der Waals surface area contributed by atoms with E-state index < -0.39 is 17.9 Å². The van der Waals surface area contributed by atoms with Crippen LogP contribution in [0.3, 0.4) is 0 Å². The SMILES string of the molecule is CCC(=O)Nc1ccc(C(=O)NNC(=O)[C@@H](C)Oc2c(C)cccc2C)cc1. The molecule has 3 N–H and O–H groups in total. The first-order chi connectivity index (χ1) is 13.3. The fourth-order valence-corrected chi connectivity index (χ4v) is 2.46. The Labute approximate surface area is 164 Å². The lowest BCUT2D eigenvalue weighted by molar-refractivity contribution is -0.128. The number of anilines is 1. The van der Waals surface area contributed by atoms with Crippen molar-refractivity contribution >= 4 is 23.4 Å². The van der Waals surface area contributed by atoms with Crippen LogP contribution in [0.4, 0.5) is 5.69 Å². The van der Waals surface area contributed by atoms with Crippen LogP contribution < -0.4 is 20.9 Å². The van der Waals surface area contributed by atoms with E-state index in [1.807, 2.05) is 32.0 Å². The first kappa shape index (κ1) is 21.0. The van der Waals surface area contributed by atoms with Crippen LogP contribution in [-0.2, 0) is 9.59 Å². The number of amides is 3. The van der Waals surface area contributed by atoms with Gasteiger partial charge in [-0.3, -0.25) is 25.2 Å². The van der Waals surface area contributed by atoms with Gasteiger partial charge in [-0.05, 0) is 56.2 Å². The molecule has 3 amide bonds. The van der Waals surface area contributed by atoms with E-state index in [-0.39, 0.29) is 5.91 Å². The van der Waals surface area contributed by atoms with E-state index >= 15 is 0 Å². The number of hydrazine groups is 1. The fraction of sp³-hybridized carbons (Fsp3) is 0.286. The smallest absolute Gasteiger partial charge is 0.279 e. The molecule has 2 rings (SSSR count). The molecule has 1 atom stereocenters. The summed E-state index contributed by atoms with van der Waals surface area (Å²) in [5.41, 5.74) is 7.53. The van der Waals surface area contributed by atoms with Gasteiger partial charge < -0.3 is 10.1 Å². The summed E-state index contributed by atoms with van der Waals surface area (Å²) in [6.45, 7) is 7.17. The van der Waals surface area contributed by atoms with Gasteiger partial charge in [-0.25, -0.2) is 0 Å². The minimum Gasteiger partial charge on any atom is -0.480 e. The number of hydrogen-bond acceptors (Lipinski definition) is 4. The summed E-state index contributed by atoms with van der Waals surface area (Å²) in [6, 6.07) is 12.1. The predicted octanol–water partition coefficient (Wildman–Crippen LogP) is 2.88. The van der Waals surface area contributed by atoms with E-state index in [2.05, 4.69) is 16.2 Å². The highest BCUT2D eigenvalue weighted by atomic mass is 16.5. The Balaban J connectivity index is 1.89. The molecule has 2 aromatic rings. The van der Waals surface area contributed by atoms with Crippen molar-refractivity contribution in [3.8, 4) is 5.75 Å². The summed E-state index contributed by atoms with van der Waals surface area (Å²) in [4.78, 5) is 35.8. The second-order valence-electron chi connectivity index (χ2n) is 6.40. The Morgan fingerprint density at radius 3 is 2.14 bits per heavy atom. The van der Waals surface area contributed by atoms with Crippen molar-refractivity contribution < 1.29 is 19.1 Å². The number of para-hydroxylation sites is 1. The van der Waals surface area contributed by atoms with E-state index in [1.165, 1.54) is 0 Å². The maximum absolute atomic E-state index is 12.2. The minimum absolute atomic E-state index is 0.109. The highest BCUT2D eigenvalue weighted by Crippen LogP contribution is 2.23. The minimum atomic E-state index is -0.785. The summed E-state index contributed by atoms with van der Waals surface area (Å²) in [6.07, 6.45) is -0.414. The molecule has 0 fully saturated rings. The molecule has 148 valence electrons. The Morgan fingerprint density at radius 1 is 0.964 bits per heavy atom. The summed E-state index contributed by atoms with van der Waals surface area (Å²) in [5, 5.41) is 2.70. The third-order valence-corrected chi connectivity index (χ3v) is 4.12. The number of carbonyl (C=O) groups excluding carboxylic acids is 3. The molecule has 0 aliphatic heterocycles. The number of ether oxygens (including phenoxy) is 1. The van der Waals surface area contributed by atoms with E-state index in [1.54, 1.807) is 38.1 Å². The van der Waals surface area contributed by atoms with Gasteiger partial charge in [0.2, 0.25) is 5.91 Å². The third-order valence-electron chi connectivity index (χ3n) is 4.12. The van der Waals surface area contributed by atoms with Gasteiger partial charge in [-0.2, -0.15) is 0 Å². The largest absolute Gasteiger partial charge is 0.480 e. The van der Waals surface area contributed by atoms with Crippen LogP contribution in [0, 0.1) is 13.8 Å². The maximum Gasteiger partial charge on any atom is 0.279 e. The lowest BCUT2D eigenvalue weighted by atomic mass is 10.1. The summed E-state index contributed by atoms with van der Waals surface area (Å²) in [7, 11) is 0. The Morgan fingerprint density at radius 2 is 1.57 bits per heavy atom. The first-order valence-corrected chi connectivity index (χ1v) is 9.04. The van der Waals surface area contributed by atoms with Gasteiger partial charge in [-0.1, -0.05) is 25.1 Å². The molecular formula is C21H25N3O4. The highest BCUT2D eigenvalue weighted by Gasteiger charge is 2.17. The van der Waals surface area contributed by atoms with E-state index in [4.69, 9.17) is 4.74 Å². The molecule has 0 saturated carbocycles. The van der Waals surface area contributed by atoms with Crippen LogP contribution in [0.15, 0.2) is 42.5 Å². The van der Waals surface area contributed by atoms with E-state index in [0.29, 0.717) is 23.4 Å². The van der Waals surface area contributed by atoms with Gasteiger partial charge in [0.15, 0.2) is 6.10 Å². The number of nitrogens with one attached hydrogen (secondary N) is 3.